The molecule has 1 aliphatic heterocycles. The van der Waals surface area contributed by atoms with Gasteiger partial charge in [-0.2, -0.15) is 0 Å². The number of hydrogen-bond acceptors (Lipinski definition) is 3. The fourth-order valence-electron chi connectivity index (χ4n) is 2.68. The van der Waals surface area contributed by atoms with Crippen LogP contribution in [0.3, 0.4) is 0 Å². The molecule has 0 amide bonds. The summed E-state index contributed by atoms with van der Waals surface area (Å²) >= 11 is 0. The van der Waals surface area contributed by atoms with Gasteiger partial charge in [-0.15, -0.1) is 0 Å². The maximum Gasteiger partial charge on any atom is 0.146 e. The molecule has 1 heterocycles. The molecule has 1 aliphatic rings. The van der Waals surface area contributed by atoms with E-state index in [2.05, 4.69) is 22.0 Å². The average molecular weight is 279 g/mol. The minimum atomic E-state index is -0.105. The molecule has 3 nitrogen and oxygen atoms in total. The van der Waals surface area contributed by atoms with Crippen LogP contribution in [0.15, 0.2) is 24.3 Å². The summed E-state index contributed by atoms with van der Waals surface area (Å²) in [4.78, 5) is 4.65. The van der Waals surface area contributed by atoms with Gasteiger partial charge < -0.3 is 10.2 Å². The molecule has 0 atom stereocenters. The average Bonchev–Trinajstić information content (AvgIpc) is 2.48. The number of anilines is 1. The topological polar surface area (TPSA) is 18.5 Å². The van der Waals surface area contributed by atoms with Crippen molar-refractivity contribution in [2.24, 2.45) is 0 Å². The molecule has 4 heteroatoms. The highest BCUT2D eigenvalue weighted by molar-refractivity contribution is 5.47. The fourth-order valence-corrected chi connectivity index (χ4v) is 2.68. The van der Waals surface area contributed by atoms with Crippen LogP contribution in [-0.4, -0.2) is 50.7 Å². The van der Waals surface area contributed by atoms with Crippen LogP contribution in [0.1, 0.15) is 19.8 Å². The SMILES string of the molecule is CCNCCCCN1CCN(c2ccccc2F)CC1. The van der Waals surface area contributed by atoms with E-state index in [1.807, 2.05) is 12.1 Å². The highest BCUT2D eigenvalue weighted by Gasteiger charge is 2.18. The van der Waals surface area contributed by atoms with Gasteiger partial charge in [0.15, 0.2) is 0 Å². The van der Waals surface area contributed by atoms with Crippen LogP contribution in [-0.2, 0) is 0 Å². The van der Waals surface area contributed by atoms with Gasteiger partial charge in [-0.05, 0) is 44.6 Å². The number of halogens is 1. The third-order valence-electron chi connectivity index (χ3n) is 3.89. The molecule has 0 aromatic heterocycles. The van der Waals surface area contributed by atoms with E-state index >= 15 is 0 Å². The third kappa shape index (κ3) is 4.46. The lowest BCUT2D eigenvalue weighted by Crippen LogP contribution is -2.47. The Balaban J connectivity index is 1.69. The van der Waals surface area contributed by atoms with Crippen LogP contribution in [0.4, 0.5) is 10.1 Å². The molecule has 1 fully saturated rings. The molecule has 112 valence electrons. The van der Waals surface area contributed by atoms with Crippen LogP contribution in [0.25, 0.3) is 0 Å². The van der Waals surface area contributed by atoms with Gasteiger partial charge in [0, 0.05) is 26.2 Å². The van der Waals surface area contributed by atoms with E-state index < -0.39 is 0 Å². The molecule has 0 saturated carbocycles. The van der Waals surface area contributed by atoms with Gasteiger partial charge in [0.05, 0.1) is 5.69 Å². The Bertz CT molecular complexity index is 389. The van der Waals surface area contributed by atoms with E-state index in [-0.39, 0.29) is 5.82 Å². The molecule has 1 aromatic carbocycles. The van der Waals surface area contributed by atoms with Gasteiger partial charge in [0.25, 0.3) is 0 Å². The molecule has 0 bridgehead atoms. The summed E-state index contributed by atoms with van der Waals surface area (Å²) in [6, 6.07) is 7.08. The van der Waals surface area contributed by atoms with Crippen LogP contribution < -0.4 is 10.2 Å². The second-order valence-electron chi connectivity index (χ2n) is 5.34. The Hall–Kier alpha value is -1.13. The van der Waals surface area contributed by atoms with Crippen LogP contribution in [0.2, 0.25) is 0 Å². The highest BCUT2D eigenvalue weighted by atomic mass is 19.1. The standard InChI is InChI=1S/C16H26FN3/c1-2-18-9-5-6-10-19-11-13-20(14-12-19)16-8-4-3-7-15(16)17/h3-4,7-8,18H,2,5-6,9-14H2,1H3. The van der Waals surface area contributed by atoms with Gasteiger partial charge in [0.1, 0.15) is 5.82 Å². The van der Waals surface area contributed by atoms with E-state index in [1.54, 1.807) is 12.1 Å². The monoisotopic (exact) mass is 279 g/mol. The number of para-hydroxylation sites is 1. The van der Waals surface area contributed by atoms with Gasteiger partial charge in [-0.25, -0.2) is 4.39 Å². The molecule has 1 saturated heterocycles. The Morgan fingerprint density at radius 1 is 1.10 bits per heavy atom. The smallest absolute Gasteiger partial charge is 0.146 e. The Morgan fingerprint density at radius 3 is 2.55 bits per heavy atom. The lowest BCUT2D eigenvalue weighted by atomic mass is 10.2. The Labute approximate surface area is 121 Å². The number of piperazine rings is 1. The largest absolute Gasteiger partial charge is 0.367 e. The Kier molecular flexibility index (Phi) is 6.27. The number of unbranched alkanes of at least 4 members (excludes halogenated alkanes) is 1. The molecule has 20 heavy (non-hydrogen) atoms. The zero-order valence-electron chi connectivity index (χ0n) is 12.4. The minimum Gasteiger partial charge on any atom is -0.367 e. The van der Waals surface area contributed by atoms with E-state index in [0.717, 1.165) is 51.5 Å². The highest BCUT2D eigenvalue weighted by Crippen LogP contribution is 2.20. The van der Waals surface area contributed by atoms with Gasteiger partial charge in [-0.3, -0.25) is 4.90 Å². The first-order chi connectivity index (χ1) is 9.81. The number of rotatable bonds is 7. The second-order valence-corrected chi connectivity index (χ2v) is 5.34. The van der Waals surface area contributed by atoms with Crippen molar-refractivity contribution in [1.29, 1.82) is 0 Å². The summed E-state index contributed by atoms with van der Waals surface area (Å²) in [6.45, 7) is 9.40. The molecule has 0 unspecified atom stereocenters. The maximum absolute atomic E-state index is 13.7. The number of nitrogens with zero attached hydrogens (tertiary/aromatic N) is 2. The quantitative estimate of drug-likeness (QED) is 0.773. The summed E-state index contributed by atoms with van der Waals surface area (Å²) in [5.74, 6) is -0.105. The van der Waals surface area contributed by atoms with Crippen molar-refractivity contribution >= 4 is 5.69 Å². The van der Waals surface area contributed by atoms with E-state index in [0.29, 0.717) is 0 Å². The fraction of sp³-hybridized carbons (Fsp3) is 0.625. The second kappa shape index (κ2) is 8.22. The van der Waals surface area contributed by atoms with Crippen molar-refractivity contribution < 1.29 is 4.39 Å². The van der Waals surface area contributed by atoms with Crippen LogP contribution >= 0.6 is 0 Å². The molecule has 1 aromatic rings. The minimum absolute atomic E-state index is 0.105. The zero-order chi connectivity index (χ0) is 14.2. The summed E-state index contributed by atoms with van der Waals surface area (Å²) in [7, 11) is 0. The first-order valence-corrected chi connectivity index (χ1v) is 7.74. The van der Waals surface area contributed by atoms with Crippen LogP contribution in [0.5, 0.6) is 0 Å². The molecule has 0 spiro atoms. The Morgan fingerprint density at radius 2 is 1.85 bits per heavy atom. The first kappa shape index (κ1) is 15.3. The van der Waals surface area contributed by atoms with Gasteiger partial charge >= 0.3 is 0 Å². The lowest BCUT2D eigenvalue weighted by molar-refractivity contribution is 0.252. The molecule has 0 radical (unpaired) electrons. The molecule has 1 N–H and O–H groups in total. The van der Waals surface area contributed by atoms with E-state index in [9.17, 15) is 4.39 Å². The van der Waals surface area contributed by atoms with Crippen molar-refractivity contribution in [1.82, 2.24) is 10.2 Å². The van der Waals surface area contributed by atoms with Gasteiger partial charge in [0.2, 0.25) is 0 Å². The number of benzene rings is 1. The number of hydrogen-bond donors (Lipinski definition) is 1. The number of nitrogens with one attached hydrogen (secondary N) is 1. The van der Waals surface area contributed by atoms with Gasteiger partial charge in [-0.1, -0.05) is 19.1 Å². The molecule has 0 aliphatic carbocycles. The molecular formula is C16H26FN3. The van der Waals surface area contributed by atoms with E-state index in [4.69, 9.17) is 0 Å². The predicted molar refractivity (Wildman–Crippen MR) is 82.8 cm³/mol. The zero-order valence-corrected chi connectivity index (χ0v) is 12.4. The third-order valence-corrected chi connectivity index (χ3v) is 3.89. The first-order valence-electron chi connectivity index (χ1n) is 7.74. The lowest BCUT2D eigenvalue weighted by Gasteiger charge is -2.36. The predicted octanol–water partition coefficient (Wildman–Crippen LogP) is 2.34. The molecule has 2 rings (SSSR count). The maximum atomic E-state index is 13.7. The summed E-state index contributed by atoms with van der Waals surface area (Å²) in [6.07, 6.45) is 2.48. The van der Waals surface area contributed by atoms with Crippen molar-refractivity contribution in [3.63, 3.8) is 0 Å². The van der Waals surface area contributed by atoms with E-state index in [1.165, 1.54) is 12.8 Å². The van der Waals surface area contributed by atoms with Crippen molar-refractivity contribution in [3.05, 3.63) is 30.1 Å². The normalized spacial score (nSPS) is 16.6. The summed E-state index contributed by atoms with van der Waals surface area (Å²) in [5, 5.41) is 3.35. The summed E-state index contributed by atoms with van der Waals surface area (Å²) < 4.78 is 13.7. The summed E-state index contributed by atoms with van der Waals surface area (Å²) in [5.41, 5.74) is 0.749. The van der Waals surface area contributed by atoms with Crippen molar-refractivity contribution in [2.45, 2.75) is 19.8 Å². The molecular weight excluding hydrogens is 253 g/mol. The van der Waals surface area contributed by atoms with Crippen molar-refractivity contribution in [2.75, 3.05) is 50.7 Å². The van der Waals surface area contributed by atoms with Crippen LogP contribution in [0, 0.1) is 5.82 Å². The van der Waals surface area contributed by atoms with Crippen molar-refractivity contribution in [3.8, 4) is 0 Å².